The zero-order chi connectivity index (χ0) is 23.6. The normalized spacial score (nSPS) is 19.8. The van der Waals surface area contributed by atoms with Gasteiger partial charge in [-0.15, -0.1) is 0 Å². The number of aryl methyl sites for hydroxylation is 2. The van der Waals surface area contributed by atoms with Crippen molar-refractivity contribution in [1.29, 1.82) is 0 Å². The van der Waals surface area contributed by atoms with Gasteiger partial charge in [-0.25, -0.2) is 33.7 Å². The van der Waals surface area contributed by atoms with Gasteiger partial charge >= 0.3 is 0 Å². The number of likely N-dealkylation sites (tertiary alicyclic amines) is 1. The molecule has 0 aliphatic carbocycles. The Hall–Kier alpha value is -3.56. The average molecular weight is 453 g/mol. The quantitative estimate of drug-likeness (QED) is 0.631. The molecule has 1 aliphatic heterocycles. The van der Waals surface area contributed by atoms with Gasteiger partial charge in [-0.3, -0.25) is 4.79 Å². The van der Waals surface area contributed by atoms with Gasteiger partial charge < -0.3 is 10.2 Å². The molecule has 0 radical (unpaired) electrons. The lowest BCUT2D eigenvalue weighted by molar-refractivity contribution is -0.0898. The topological polar surface area (TPSA) is 96.8 Å². The first-order chi connectivity index (χ1) is 15.7. The highest BCUT2D eigenvalue weighted by atomic mass is 19.3. The first kappa shape index (κ1) is 22.6. The molecule has 10 heteroatoms. The fourth-order valence-corrected chi connectivity index (χ4v) is 4.03. The molecule has 0 saturated carbocycles. The summed E-state index contributed by atoms with van der Waals surface area (Å²) >= 11 is 0. The van der Waals surface area contributed by atoms with Crippen molar-refractivity contribution in [2.45, 2.75) is 39.2 Å². The second kappa shape index (κ2) is 9.13. The van der Waals surface area contributed by atoms with Crippen LogP contribution in [0.5, 0.6) is 0 Å². The summed E-state index contributed by atoms with van der Waals surface area (Å²) in [6.45, 7) is 4.88. The minimum Gasteiger partial charge on any atom is -0.352 e. The molecule has 1 saturated heterocycles. The van der Waals surface area contributed by atoms with Gasteiger partial charge in [-0.05, 0) is 43.5 Å². The molecule has 1 unspecified atom stereocenters. The molecule has 0 spiro atoms. The number of hydrogen-bond acceptors (Lipinski definition) is 7. The third-order valence-corrected chi connectivity index (χ3v) is 5.63. The molecule has 1 amide bonds. The molecule has 4 rings (SSSR count). The Labute approximate surface area is 190 Å². The molecule has 4 heterocycles. The van der Waals surface area contributed by atoms with Crippen LogP contribution in [0.15, 0.2) is 43.0 Å². The number of pyridine rings is 1. The van der Waals surface area contributed by atoms with Gasteiger partial charge in [0.05, 0.1) is 18.2 Å². The highest BCUT2D eigenvalue weighted by Crippen LogP contribution is 2.36. The van der Waals surface area contributed by atoms with E-state index in [1.807, 2.05) is 6.92 Å². The van der Waals surface area contributed by atoms with Crippen molar-refractivity contribution >= 4 is 11.9 Å². The van der Waals surface area contributed by atoms with Gasteiger partial charge in [0.2, 0.25) is 5.95 Å². The Morgan fingerprint density at radius 2 is 1.85 bits per heavy atom. The highest BCUT2D eigenvalue weighted by Gasteiger charge is 2.46. The molecule has 3 aromatic rings. The average Bonchev–Trinajstić information content (AvgIpc) is 2.79. The van der Waals surface area contributed by atoms with E-state index in [0.717, 1.165) is 5.56 Å². The second-order valence-electron chi connectivity index (χ2n) is 8.42. The first-order valence-electron chi connectivity index (χ1n) is 10.7. The Morgan fingerprint density at radius 1 is 1.15 bits per heavy atom. The molecule has 33 heavy (non-hydrogen) atoms. The molecule has 8 nitrogen and oxygen atoms in total. The molecule has 0 aromatic carbocycles. The minimum atomic E-state index is -3.00. The summed E-state index contributed by atoms with van der Waals surface area (Å²) in [5, 5.41) is 3.09. The number of hydrogen-bond donors (Lipinski definition) is 1. The third-order valence-electron chi connectivity index (χ3n) is 5.63. The maximum atomic E-state index is 14.6. The van der Waals surface area contributed by atoms with E-state index >= 15 is 0 Å². The number of rotatable bonds is 5. The molecule has 172 valence electrons. The van der Waals surface area contributed by atoms with E-state index < -0.39 is 30.3 Å². The maximum Gasteiger partial charge on any atom is 0.273 e. The van der Waals surface area contributed by atoms with Gasteiger partial charge in [-0.1, -0.05) is 6.92 Å². The van der Waals surface area contributed by atoms with E-state index in [4.69, 9.17) is 0 Å². The van der Waals surface area contributed by atoms with Gasteiger partial charge in [0.1, 0.15) is 5.69 Å². The predicted molar refractivity (Wildman–Crippen MR) is 119 cm³/mol. The van der Waals surface area contributed by atoms with E-state index in [2.05, 4.69) is 30.2 Å². The predicted octanol–water partition coefficient (Wildman–Crippen LogP) is 3.54. The highest BCUT2D eigenvalue weighted by molar-refractivity contribution is 5.98. The van der Waals surface area contributed by atoms with Gasteiger partial charge in [0, 0.05) is 43.4 Å². The van der Waals surface area contributed by atoms with Crippen LogP contribution in [0.1, 0.15) is 35.1 Å². The van der Waals surface area contributed by atoms with Crippen LogP contribution in [0.2, 0.25) is 0 Å². The maximum absolute atomic E-state index is 14.6. The zero-order valence-electron chi connectivity index (χ0n) is 18.7. The standard InChI is InChI=1S/C23H25F2N7O/c1-14-10-28-22(29-11-14)30-12-18-15(2)9-23(24,25)13-32(18)21(33)19-17(6-5-16(3)31-19)20-26-7-4-8-27-20/h4-8,10-11,15,18H,9,12-13H2,1-3H3,(H,28,29,30)/t15-,18?/m1/s1. The number of nitrogens with one attached hydrogen (secondary N) is 1. The molecule has 0 bridgehead atoms. The number of nitrogens with zero attached hydrogens (tertiary/aromatic N) is 6. The number of alkyl halides is 2. The fraction of sp³-hybridized carbons (Fsp3) is 0.391. The van der Waals surface area contributed by atoms with E-state index in [1.165, 1.54) is 4.90 Å². The van der Waals surface area contributed by atoms with Crippen LogP contribution in [-0.4, -0.2) is 60.8 Å². The van der Waals surface area contributed by atoms with Crippen molar-refractivity contribution in [3.8, 4) is 11.4 Å². The Balaban J connectivity index is 1.67. The first-order valence-corrected chi connectivity index (χ1v) is 10.7. The van der Waals surface area contributed by atoms with Crippen LogP contribution < -0.4 is 5.32 Å². The van der Waals surface area contributed by atoms with Crippen molar-refractivity contribution < 1.29 is 13.6 Å². The van der Waals surface area contributed by atoms with Crippen molar-refractivity contribution in [1.82, 2.24) is 29.8 Å². The van der Waals surface area contributed by atoms with Crippen LogP contribution in [0.25, 0.3) is 11.4 Å². The lowest BCUT2D eigenvalue weighted by Crippen LogP contribution is -2.57. The SMILES string of the molecule is Cc1cnc(NCC2[C@H](C)CC(F)(F)CN2C(=O)c2nc(C)ccc2-c2ncccn2)nc1. The molecule has 1 aliphatic rings. The molecule has 2 atom stereocenters. The Morgan fingerprint density at radius 3 is 2.55 bits per heavy atom. The van der Waals surface area contributed by atoms with Crippen LogP contribution in [0.3, 0.4) is 0 Å². The van der Waals surface area contributed by atoms with E-state index in [9.17, 15) is 13.6 Å². The van der Waals surface area contributed by atoms with Gasteiger partial charge in [-0.2, -0.15) is 0 Å². The summed E-state index contributed by atoms with van der Waals surface area (Å²) in [6.07, 6.45) is 6.14. The van der Waals surface area contributed by atoms with Crippen LogP contribution in [0.4, 0.5) is 14.7 Å². The Bertz CT molecular complexity index is 1130. The fourth-order valence-electron chi connectivity index (χ4n) is 4.03. The van der Waals surface area contributed by atoms with Crippen molar-refractivity contribution in [2.75, 3.05) is 18.4 Å². The lowest BCUT2D eigenvalue weighted by Gasteiger charge is -2.43. The number of piperidine rings is 1. The van der Waals surface area contributed by atoms with Crippen molar-refractivity contribution in [3.63, 3.8) is 0 Å². The summed E-state index contributed by atoms with van der Waals surface area (Å²) in [5.41, 5.74) is 1.96. The van der Waals surface area contributed by atoms with Crippen LogP contribution >= 0.6 is 0 Å². The molecular formula is C23H25F2N7O. The second-order valence-corrected chi connectivity index (χ2v) is 8.42. The largest absolute Gasteiger partial charge is 0.352 e. The Kier molecular flexibility index (Phi) is 6.26. The van der Waals surface area contributed by atoms with E-state index in [-0.39, 0.29) is 18.7 Å². The summed E-state index contributed by atoms with van der Waals surface area (Å²) in [5.74, 6) is -3.35. The molecule has 1 fully saturated rings. The number of amides is 1. The van der Waals surface area contributed by atoms with Crippen LogP contribution in [-0.2, 0) is 0 Å². The third kappa shape index (κ3) is 5.10. The summed E-state index contributed by atoms with van der Waals surface area (Å²) in [4.78, 5) is 36.1. The lowest BCUT2D eigenvalue weighted by atomic mass is 9.88. The number of aromatic nitrogens is 5. The molecule has 1 N–H and O–H groups in total. The van der Waals surface area contributed by atoms with E-state index in [1.54, 1.807) is 56.8 Å². The number of carbonyl (C=O) groups excluding carboxylic acids is 1. The minimum absolute atomic E-state index is 0.0580. The smallest absolute Gasteiger partial charge is 0.273 e. The summed E-state index contributed by atoms with van der Waals surface area (Å²) < 4.78 is 29.2. The zero-order valence-corrected chi connectivity index (χ0v) is 18.7. The molecular weight excluding hydrogens is 428 g/mol. The van der Waals surface area contributed by atoms with Crippen molar-refractivity contribution in [2.24, 2.45) is 5.92 Å². The van der Waals surface area contributed by atoms with Gasteiger partial charge in [0.25, 0.3) is 11.8 Å². The summed E-state index contributed by atoms with van der Waals surface area (Å²) in [6, 6.07) is 4.59. The number of anilines is 1. The number of halogens is 2. The summed E-state index contributed by atoms with van der Waals surface area (Å²) in [7, 11) is 0. The van der Waals surface area contributed by atoms with Crippen molar-refractivity contribution in [3.05, 3.63) is 59.9 Å². The van der Waals surface area contributed by atoms with Gasteiger partial charge in [0.15, 0.2) is 5.82 Å². The van der Waals surface area contributed by atoms with E-state index in [0.29, 0.717) is 23.0 Å². The monoisotopic (exact) mass is 453 g/mol. The van der Waals surface area contributed by atoms with Crippen LogP contribution in [0, 0.1) is 19.8 Å². The number of carbonyl (C=O) groups is 1. The molecule has 3 aromatic heterocycles.